The van der Waals surface area contributed by atoms with E-state index in [1.807, 2.05) is 13.8 Å². The molecule has 0 saturated heterocycles. The van der Waals surface area contributed by atoms with Crippen molar-refractivity contribution in [2.75, 3.05) is 13.2 Å². The van der Waals surface area contributed by atoms with Crippen molar-refractivity contribution in [2.45, 2.75) is 25.7 Å². The number of hydrogen-bond donors (Lipinski definition) is 2. The number of benzene rings is 1. The normalized spacial score (nSPS) is 11.6. The first-order valence-electron chi connectivity index (χ1n) is 6.27. The average Bonchev–Trinajstić information content (AvgIpc) is 2.37. The van der Waals surface area contributed by atoms with Gasteiger partial charge >= 0.3 is 5.97 Å². The number of sulfonamides is 1. The molecule has 0 aliphatic carbocycles. The second-order valence-corrected chi connectivity index (χ2v) is 6.41. The standard InChI is InChI=1S/C13H19NO5S/c1-4-19-12-6-5-10(7-11(12)13(15)16)20(17,18)14-8-9(2)3/h5-7,9,14H,4,8H2,1-3H3,(H,15,16). The van der Waals surface area contributed by atoms with Crippen molar-refractivity contribution in [1.29, 1.82) is 0 Å². The summed E-state index contributed by atoms with van der Waals surface area (Å²) < 4.78 is 31.7. The van der Waals surface area contributed by atoms with Crippen LogP contribution in [0.15, 0.2) is 23.1 Å². The number of rotatable bonds is 7. The zero-order valence-electron chi connectivity index (χ0n) is 11.7. The number of ether oxygens (including phenoxy) is 1. The minimum Gasteiger partial charge on any atom is -0.493 e. The van der Waals surface area contributed by atoms with Crippen LogP contribution in [-0.2, 0) is 10.0 Å². The molecule has 0 atom stereocenters. The van der Waals surface area contributed by atoms with Crippen molar-refractivity contribution < 1.29 is 23.1 Å². The Hall–Kier alpha value is -1.60. The predicted molar refractivity (Wildman–Crippen MR) is 74.6 cm³/mol. The first-order chi connectivity index (χ1) is 9.27. The van der Waals surface area contributed by atoms with Gasteiger partial charge in [0.25, 0.3) is 0 Å². The molecule has 0 unspecified atom stereocenters. The Morgan fingerprint density at radius 2 is 2.05 bits per heavy atom. The van der Waals surface area contributed by atoms with E-state index in [9.17, 15) is 13.2 Å². The molecule has 1 aromatic rings. The molecule has 0 fully saturated rings. The Bertz CT molecular complexity index is 580. The Kier molecular flexibility index (Phi) is 5.52. The van der Waals surface area contributed by atoms with Gasteiger partial charge in [-0.25, -0.2) is 17.9 Å². The molecule has 6 nitrogen and oxygen atoms in total. The van der Waals surface area contributed by atoms with Crippen LogP contribution < -0.4 is 9.46 Å². The topological polar surface area (TPSA) is 92.7 Å². The molecular weight excluding hydrogens is 282 g/mol. The van der Waals surface area contributed by atoms with E-state index in [0.717, 1.165) is 6.07 Å². The third kappa shape index (κ3) is 4.21. The molecule has 112 valence electrons. The Morgan fingerprint density at radius 3 is 2.55 bits per heavy atom. The van der Waals surface area contributed by atoms with Crippen LogP contribution in [0.3, 0.4) is 0 Å². The van der Waals surface area contributed by atoms with Gasteiger partial charge in [0.15, 0.2) is 0 Å². The van der Waals surface area contributed by atoms with Gasteiger partial charge in [0, 0.05) is 6.54 Å². The van der Waals surface area contributed by atoms with E-state index in [1.165, 1.54) is 12.1 Å². The molecule has 0 spiro atoms. The van der Waals surface area contributed by atoms with Crippen molar-refractivity contribution in [3.05, 3.63) is 23.8 Å². The van der Waals surface area contributed by atoms with Gasteiger partial charge in [-0.15, -0.1) is 0 Å². The first kappa shape index (κ1) is 16.5. The molecule has 1 aromatic carbocycles. The molecule has 0 bridgehead atoms. The lowest BCUT2D eigenvalue weighted by atomic mass is 10.2. The molecule has 0 amide bonds. The lowest BCUT2D eigenvalue weighted by Crippen LogP contribution is -2.27. The number of hydrogen-bond acceptors (Lipinski definition) is 4. The number of carboxylic acids is 1. The lowest BCUT2D eigenvalue weighted by Gasteiger charge is -2.11. The highest BCUT2D eigenvalue weighted by molar-refractivity contribution is 7.89. The van der Waals surface area contributed by atoms with Crippen LogP contribution in [0.4, 0.5) is 0 Å². The van der Waals surface area contributed by atoms with Gasteiger partial charge in [0.2, 0.25) is 10.0 Å². The van der Waals surface area contributed by atoms with Gasteiger partial charge in [-0.2, -0.15) is 0 Å². The van der Waals surface area contributed by atoms with Crippen LogP contribution >= 0.6 is 0 Å². The molecular formula is C13H19NO5S. The zero-order chi connectivity index (χ0) is 15.3. The van der Waals surface area contributed by atoms with Crippen LogP contribution in [0.5, 0.6) is 5.75 Å². The average molecular weight is 301 g/mol. The number of aromatic carboxylic acids is 1. The summed E-state index contributed by atoms with van der Waals surface area (Å²) in [6.07, 6.45) is 0. The van der Waals surface area contributed by atoms with Crippen molar-refractivity contribution in [3.8, 4) is 5.75 Å². The summed E-state index contributed by atoms with van der Waals surface area (Å²) in [6.45, 7) is 6.07. The van der Waals surface area contributed by atoms with Gasteiger partial charge < -0.3 is 9.84 Å². The van der Waals surface area contributed by atoms with E-state index in [4.69, 9.17) is 9.84 Å². The Labute approximate surface area is 118 Å². The van der Waals surface area contributed by atoms with Gasteiger partial charge in [0.1, 0.15) is 11.3 Å². The van der Waals surface area contributed by atoms with Crippen LogP contribution in [-0.4, -0.2) is 32.6 Å². The summed E-state index contributed by atoms with van der Waals surface area (Å²) in [6, 6.07) is 3.80. The molecule has 0 radical (unpaired) electrons. The van der Waals surface area contributed by atoms with E-state index in [-0.39, 0.29) is 28.7 Å². The first-order valence-corrected chi connectivity index (χ1v) is 7.76. The molecule has 0 aliphatic rings. The SMILES string of the molecule is CCOc1ccc(S(=O)(=O)NCC(C)C)cc1C(=O)O. The van der Waals surface area contributed by atoms with Crippen LogP contribution in [0.2, 0.25) is 0 Å². The zero-order valence-corrected chi connectivity index (χ0v) is 12.5. The highest BCUT2D eigenvalue weighted by atomic mass is 32.2. The fourth-order valence-electron chi connectivity index (χ4n) is 1.48. The van der Waals surface area contributed by atoms with Gasteiger partial charge in [-0.3, -0.25) is 0 Å². The van der Waals surface area contributed by atoms with Crippen LogP contribution in [0.25, 0.3) is 0 Å². The molecule has 0 aliphatic heterocycles. The fraction of sp³-hybridized carbons (Fsp3) is 0.462. The van der Waals surface area contributed by atoms with Crippen molar-refractivity contribution >= 4 is 16.0 Å². The van der Waals surface area contributed by atoms with Crippen LogP contribution in [0, 0.1) is 5.92 Å². The molecule has 0 heterocycles. The maximum absolute atomic E-state index is 12.0. The summed E-state index contributed by atoms with van der Waals surface area (Å²) in [5.74, 6) is -0.913. The number of nitrogens with one attached hydrogen (secondary N) is 1. The quantitative estimate of drug-likeness (QED) is 0.800. The largest absolute Gasteiger partial charge is 0.493 e. The highest BCUT2D eigenvalue weighted by Gasteiger charge is 2.19. The minimum absolute atomic E-state index is 0.0843. The molecule has 1 rings (SSSR count). The molecule has 0 saturated carbocycles. The highest BCUT2D eigenvalue weighted by Crippen LogP contribution is 2.22. The summed E-state index contributed by atoms with van der Waals surface area (Å²) >= 11 is 0. The summed E-state index contributed by atoms with van der Waals surface area (Å²) in [7, 11) is -3.71. The smallest absolute Gasteiger partial charge is 0.339 e. The summed E-state index contributed by atoms with van der Waals surface area (Å²) in [5.41, 5.74) is -0.167. The lowest BCUT2D eigenvalue weighted by molar-refractivity contribution is 0.0692. The van der Waals surface area contributed by atoms with Crippen molar-refractivity contribution in [1.82, 2.24) is 4.72 Å². The van der Waals surface area contributed by atoms with Crippen LogP contribution in [0.1, 0.15) is 31.1 Å². The fourth-order valence-corrected chi connectivity index (χ4v) is 2.72. The van der Waals surface area contributed by atoms with Gasteiger partial charge in [-0.1, -0.05) is 13.8 Å². The monoisotopic (exact) mass is 301 g/mol. The van der Waals surface area contributed by atoms with Gasteiger partial charge in [0.05, 0.1) is 11.5 Å². The van der Waals surface area contributed by atoms with E-state index in [1.54, 1.807) is 6.92 Å². The van der Waals surface area contributed by atoms with E-state index in [0.29, 0.717) is 6.61 Å². The maximum Gasteiger partial charge on any atom is 0.339 e. The Balaban J connectivity index is 3.14. The van der Waals surface area contributed by atoms with Crippen molar-refractivity contribution in [2.24, 2.45) is 5.92 Å². The molecule has 2 N–H and O–H groups in total. The molecule has 7 heteroatoms. The third-order valence-corrected chi connectivity index (χ3v) is 3.89. The van der Waals surface area contributed by atoms with Gasteiger partial charge in [-0.05, 0) is 31.0 Å². The minimum atomic E-state index is -3.71. The molecule has 0 aromatic heterocycles. The maximum atomic E-state index is 12.0. The Morgan fingerprint density at radius 1 is 1.40 bits per heavy atom. The van der Waals surface area contributed by atoms with E-state index < -0.39 is 16.0 Å². The number of carboxylic acid groups (broad SMARTS) is 1. The van der Waals surface area contributed by atoms with E-state index >= 15 is 0 Å². The summed E-state index contributed by atoms with van der Waals surface area (Å²) in [5, 5.41) is 9.11. The van der Waals surface area contributed by atoms with E-state index in [2.05, 4.69) is 4.72 Å². The predicted octanol–water partition coefficient (Wildman–Crippen LogP) is 1.72. The number of carbonyl (C=O) groups is 1. The second-order valence-electron chi connectivity index (χ2n) is 4.64. The molecule has 20 heavy (non-hydrogen) atoms. The third-order valence-electron chi connectivity index (χ3n) is 2.47. The summed E-state index contributed by atoms with van der Waals surface area (Å²) in [4.78, 5) is 11.1. The second kappa shape index (κ2) is 6.71. The van der Waals surface area contributed by atoms with Crippen molar-refractivity contribution in [3.63, 3.8) is 0 Å².